The molecular formula is C5H8N2OS. The molecule has 0 atom stereocenters. The van der Waals surface area contributed by atoms with E-state index < -0.39 is 0 Å². The average molecular weight is 144 g/mol. The molecule has 3 nitrogen and oxygen atoms in total. The van der Waals surface area contributed by atoms with E-state index >= 15 is 0 Å². The van der Waals surface area contributed by atoms with Gasteiger partial charge >= 0.3 is 0 Å². The number of aromatic amines is 1. The van der Waals surface area contributed by atoms with Gasteiger partial charge < -0.3 is 14.7 Å². The fourth-order valence-corrected chi connectivity index (χ4v) is 0.797. The molecule has 2 N–H and O–H groups in total. The van der Waals surface area contributed by atoms with Crippen molar-refractivity contribution in [1.82, 2.24) is 9.55 Å². The van der Waals surface area contributed by atoms with Crippen LogP contribution in [-0.2, 0) is 13.7 Å². The number of aliphatic hydroxyl groups is 1. The van der Waals surface area contributed by atoms with Crippen LogP contribution < -0.4 is 0 Å². The Kier molecular flexibility index (Phi) is 1.68. The summed E-state index contributed by atoms with van der Waals surface area (Å²) in [7, 11) is 1.81. The Morgan fingerprint density at radius 2 is 2.56 bits per heavy atom. The molecule has 0 aliphatic carbocycles. The highest BCUT2D eigenvalue weighted by Crippen LogP contribution is 1.96. The Labute approximate surface area is 58.0 Å². The monoisotopic (exact) mass is 144 g/mol. The summed E-state index contributed by atoms with van der Waals surface area (Å²) in [6.45, 7) is 0.0314. The number of nitrogens with zero attached hydrogens (tertiary/aromatic N) is 1. The van der Waals surface area contributed by atoms with Crippen molar-refractivity contribution in [3.05, 3.63) is 16.7 Å². The van der Waals surface area contributed by atoms with Gasteiger partial charge in [-0.15, -0.1) is 0 Å². The molecule has 1 heterocycles. The molecule has 0 fully saturated rings. The molecule has 0 amide bonds. The van der Waals surface area contributed by atoms with Crippen LogP contribution in [0.15, 0.2) is 6.20 Å². The normalized spacial score (nSPS) is 10.0. The van der Waals surface area contributed by atoms with E-state index in [1.165, 1.54) is 0 Å². The second kappa shape index (κ2) is 2.33. The maximum absolute atomic E-state index is 8.64. The average Bonchev–Trinajstić information content (AvgIpc) is 2.15. The lowest BCUT2D eigenvalue weighted by Crippen LogP contribution is -1.94. The van der Waals surface area contributed by atoms with E-state index in [-0.39, 0.29) is 6.61 Å². The number of imidazole rings is 1. The van der Waals surface area contributed by atoms with E-state index in [9.17, 15) is 0 Å². The molecule has 0 aliphatic rings. The first-order valence-electron chi connectivity index (χ1n) is 2.60. The van der Waals surface area contributed by atoms with Crippen molar-refractivity contribution in [3.8, 4) is 0 Å². The minimum absolute atomic E-state index is 0.0314. The maximum atomic E-state index is 8.64. The fraction of sp³-hybridized carbons (Fsp3) is 0.400. The SMILES string of the molecule is Cn1c(CO)c[nH]c1=S. The molecule has 0 aliphatic heterocycles. The number of rotatable bonds is 1. The summed E-state index contributed by atoms with van der Waals surface area (Å²) in [6.07, 6.45) is 1.70. The highest BCUT2D eigenvalue weighted by molar-refractivity contribution is 7.71. The van der Waals surface area contributed by atoms with Gasteiger partial charge in [-0.25, -0.2) is 0 Å². The van der Waals surface area contributed by atoms with Crippen LogP contribution in [0.1, 0.15) is 5.69 Å². The molecule has 0 saturated heterocycles. The molecule has 9 heavy (non-hydrogen) atoms. The highest BCUT2D eigenvalue weighted by atomic mass is 32.1. The van der Waals surface area contributed by atoms with Crippen molar-refractivity contribution < 1.29 is 5.11 Å². The third kappa shape index (κ3) is 1.04. The molecule has 1 aromatic heterocycles. The van der Waals surface area contributed by atoms with Gasteiger partial charge in [-0.3, -0.25) is 0 Å². The van der Waals surface area contributed by atoms with Gasteiger partial charge in [0.2, 0.25) is 0 Å². The Morgan fingerprint density at radius 1 is 1.89 bits per heavy atom. The van der Waals surface area contributed by atoms with Crippen LogP contribution >= 0.6 is 12.2 Å². The Bertz CT molecular complexity index is 250. The molecule has 0 saturated carbocycles. The van der Waals surface area contributed by atoms with Crippen LogP contribution in [-0.4, -0.2) is 14.7 Å². The van der Waals surface area contributed by atoms with Crippen LogP contribution in [0.5, 0.6) is 0 Å². The Morgan fingerprint density at radius 3 is 2.78 bits per heavy atom. The van der Waals surface area contributed by atoms with Gasteiger partial charge in [0.1, 0.15) is 0 Å². The zero-order chi connectivity index (χ0) is 6.85. The summed E-state index contributed by atoms with van der Waals surface area (Å²) in [6, 6.07) is 0. The van der Waals surface area contributed by atoms with E-state index in [4.69, 9.17) is 17.3 Å². The number of H-pyrrole nitrogens is 1. The molecular weight excluding hydrogens is 136 g/mol. The predicted molar refractivity (Wildman–Crippen MR) is 36.5 cm³/mol. The first kappa shape index (κ1) is 6.51. The van der Waals surface area contributed by atoms with Crippen LogP contribution in [0.25, 0.3) is 0 Å². The number of nitrogens with one attached hydrogen (secondary N) is 1. The molecule has 0 spiro atoms. The van der Waals surface area contributed by atoms with Crippen LogP contribution in [0.3, 0.4) is 0 Å². The van der Waals surface area contributed by atoms with Gasteiger partial charge in [-0.1, -0.05) is 0 Å². The van der Waals surface area contributed by atoms with Crippen molar-refractivity contribution in [1.29, 1.82) is 0 Å². The summed E-state index contributed by atoms with van der Waals surface area (Å²) in [5, 5.41) is 8.64. The second-order valence-electron chi connectivity index (χ2n) is 1.80. The van der Waals surface area contributed by atoms with Crippen LogP contribution in [0.2, 0.25) is 0 Å². The molecule has 1 aromatic rings. The second-order valence-corrected chi connectivity index (χ2v) is 2.19. The molecule has 0 radical (unpaired) electrons. The van der Waals surface area contributed by atoms with Crippen molar-refractivity contribution in [2.24, 2.45) is 7.05 Å². The standard InChI is InChI=1S/C5H8N2OS/c1-7-4(3-8)2-6-5(7)9/h2,8H,3H2,1H3,(H,6,9). The van der Waals surface area contributed by atoms with E-state index in [1.807, 2.05) is 7.05 Å². The lowest BCUT2D eigenvalue weighted by molar-refractivity contribution is 0.272. The number of hydrogen-bond donors (Lipinski definition) is 2. The van der Waals surface area contributed by atoms with Crippen molar-refractivity contribution in [2.45, 2.75) is 6.61 Å². The zero-order valence-corrected chi connectivity index (χ0v) is 5.90. The first-order valence-corrected chi connectivity index (χ1v) is 3.00. The van der Waals surface area contributed by atoms with Gasteiger partial charge in [-0.2, -0.15) is 0 Å². The molecule has 1 rings (SSSR count). The van der Waals surface area contributed by atoms with Gasteiger partial charge in [-0.05, 0) is 12.2 Å². The van der Waals surface area contributed by atoms with E-state index in [1.54, 1.807) is 10.8 Å². The third-order valence-corrected chi connectivity index (χ3v) is 1.65. The van der Waals surface area contributed by atoms with Crippen molar-refractivity contribution in [2.75, 3.05) is 0 Å². The summed E-state index contributed by atoms with van der Waals surface area (Å²) < 4.78 is 2.37. The molecule has 4 heteroatoms. The van der Waals surface area contributed by atoms with E-state index in [0.717, 1.165) is 5.69 Å². The van der Waals surface area contributed by atoms with Gasteiger partial charge in [0.25, 0.3) is 0 Å². The third-order valence-electron chi connectivity index (χ3n) is 1.26. The molecule has 0 bridgehead atoms. The van der Waals surface area contributed by atoms with Crippen LogP contribution in [0.4, 0.5) is 0 Å². The largest absolute Gasteiger partial charge is 0.390 e. The summed E-state index contributed by atoms with van der Waals surface area (Å²) in [5.74, 6) is 0. The lowest BCUT2D eigenvalue weighted by atomic mass is 10.5. The van der Waals surface area contributed by atoms with Crippen molar-refractivity contribution >= 4 is 12.2 Å². The zero-order valence-electron chi connectivity index (χ0n) is 5.09. The quantitative estimate of drug-likeness (QED) is 0.566. The summed E-state index contributed by atoms with van der Waals surface area (Å²) in [5.41, 5.74) is 0.806. The lowest BCUT2D eigenvalue weighted by Gasteiger charge is -1.93. The maximum Gasteiger partial charge on any atom is 0.177 e. The molecule has 0 unspecified atom stereocenters. The minimum atomic E-state index is 0.0314. The molecule has 50 valence electrons. The highest BCUT2D eigenvalue weighted by Gasteiger charge is 1.94. The Hall–Kier alpha value is -0.610. The van der Waals surface area contributed by atoms with Crippen molar-refractivity contribution in [3.63, 3.8) is 0 Å². The van der Waals surface area contributed by atoms with E-state index in [2.05, 4.69) is 4.98 Å². The van der Waals surface area contributed by atoms with Gasteiger partial charge in [0.05, 0.1) is 12.3 Å². The molecule has 0 aromatic carbocycles. The van der Waals surface area contributed by atoms with Gasteiger partial charge in [0.15, 0.2) is 4.77 Å². The Balaban J connectivity index is 3.20. The predicted octanol–water partition coefficient (Wildman–Crippen LogP) is 0.575. The van der Waals surface area contributed by atoms with Gasteiger partial charge in [0, 0.05) is 13.2 Å². The fourth-order valence-electron chi connectivity index (χ4n) is 0.621. The first-order chi connectivity index (χ1) is 4.25. The minimum Gasteiger partial charge on any atom is -0.390 e. The smallest absolute Gasteiger partial charge is 0.177 e. The number of aromatic nitrogens is 2. The summed E-state index contributed by atoms with van der Waals surface area (Å²) in [4.78, 5) is 2.81. The number of hydrogen-bond acceptors (Lipinski definition) is 2. The van der Waals surface area contributed by atoms with E-state index in [0.29, 0.717) is 4.77 Å². The summed E-state index contributed by atoms with van der Waals surface area (Å²) >= 11 is 4.84. The topological polar surface area (TPSA) is 41.0 Å². The number of aliphatic hydroxyl groups excluding tert-OH is 1. The van der Waals surface area contributed by atoms with Crippen LogP contribution in [0, 0.1) is 4.77 Å².